The SMILES string of the molecule is CN(C)c1ccc(-c2ccc(-c3ccc(-c4ccccc4)cc3)cc2)cc1. The first-order valence-electron chi connectivity index (χ1n) is 9.24. The highest BCUT2D eigenvalue weighted by molar-refractivity contribution is 5.73. The molecule has 0 aromatic heterocycles. The van der Waals surface area contributed by atoms with Gasteiger partial charge in [0.05, 0.1) is 0 Å². The highest BCUT2D eigenvalue weighted by Gasteiger charge is 2.03. The molecule has 0 atom stereocenters. The fraction of sp³-hybridized carbons (Fsp3) is 0.0769. The van der Waals surface area contributed by atoms with E-state index in [1.807, 2.05) is 6.07 Å². The molecule has 0 saturated carbocycles. The van der Waals surface area contributed by atoms with E-state index < -0.39 is 0 Å². The summed E-state index contributed by atoms with van der Waals surface area (Å²) in [6, 6.07) is 36.7. The van der Waals surface area contributed by atoms with Crippen molar-refractivity contribution in [3.8, 4) is 33.4 Å². The molecule has 0 spiro atoms. The third kappa shape index (κ3) is 3.78. The zero-order valence-corrected chi connectivity index (χ0v) is 15.8. The number of hydrogen-bond donors (Lipinski definition) is 0. The summed E-state index contributed by atoms with van der Waals surface area (Å²) in [6.45, 7) is 0. The Bertz CT molecular complexity index is 997. The highest BCUT2D eigenvalue weighted by Crippen LogP contribution is 2.28. The minimum atomic E-state index is 1.22. The van der Waals surface area contributed by atoms with Crippen LogP contribution in [-0.2, 0) is 0 Å². The summed E-state index contributed by atoms with van der Waals surface area (Å²) < 4.78 is 0. The van der Waals surface area contributed by atoms with Crippen LogP contribution in [-0.4, -0.2) is 14.1 Å². The lowest BCUT2D eigenvalue weighted by Gasteiger charge is -2.13. The van der Waals surface area contributed by atoms with Gasteiger partial charge in [-0.2, -0.15) is 0 Å². The Balaban J connectivity index is 1.55. The summed E-state index contributed by atoms with van der Waals surface area (Å²) in [5, 5.41) is 0. The Morgan fingerprint density at radius 1 is 0.370 bits per heavy atom. The van der Waals surface area contributed by atoms with Gasteiger partial charge in [0.15, 0.2) is 0 Å². The molecule has 4 rings (SSSR count). The van der Waals surface area contributed by atoms with Gasteiger partial charge in [0.1, 0.15) is 0 Å². The Labute approximate surface area is 161 Å². The van der Waals surface area contributed by atoms with Crippen LogP contribution in [0.5, 0.6) is 0 Å². The first kappa shape index (κ1) is 17.1. The van der Waals surface area contributed by atoms with E-state index in [0.29, 0.717) is 0 Å². The lowest BCUT2D eigenvalue weighted by molar-refractivity contribution is 1.13. The predicted octanol–water partition coefficient (Wildman–Crippen LogP) is 6.75. The maximum atomic E-state index is 2.20. The van der Waals surface area contributed by atoms with Gasteiger partial charge in [0, 0.05) is 19.8 Å². The third-order valence-electron chi connectivity index (χ3n) is 4.93. The first-order valence-corrected chi connectivity index (χ1v) is 9.24. The van der Waals surface area contributed by atoms with Gasteiger partial charge in [-0.1, -0.05) is 91.0 Å². The molecular weight excluding hydrogens is 326 g/mol. The summed E-state index contributed by atoms with van der Waals surface area (Å²) in [7, 11) is 4.12. The van der Waals surface area contributed by atoms with Crippen molar-refractivity contribution in [2.75, 3.05) is 19.0 Å². The first-order chi connectivity index (χ1) is 13.2. The topological polar surface area (TPSA) is 3.24 Å². The van der Waals surface area contributed by atoms with Crippen LogP contribution in [0.4, 0.5) is 5.69 Å². The summed E-state index contributed by atoms with van der Waals surface area (Å²) in [4.78, 5) is 2.12. The smallest absolute Gasteiger partial charge is 0.0361 e. The predicted molar refractivity (Wildman–Crippen MR) is 117 cm³/mol. The summed E-state index contributed by atoms with van der Waals surface area (Å²) in [5.41, 5.74) is 8.68. The molecule has 0 saturated heterocycles. The second-order valence-electron chi connectivity index (χ2n) is 6.96. The summed E-state index contributed by atoms with van der Waals surface area (Å²) >= 11 is 0. The Hall–Kier alpha value is -3.32. The molecule has 0 radical (unpaired) electrons. The van der Waals surface area contributed by atoms with Crippen molar-refractivity contribution in [1.29, 1.82) is 0 Å². The van der Waals surface area contributed by atoms with Crippen LogP contribution in [0.25, 0.3) is 33.4 Å². The van der Waals surface area contributed by atoms with Gasteiger partial charge in [0.2, 0.25) is 0 Å². The fourth-order valence-electron chi connectivity index (χ4n) is 3.29. The van der Waals surface area contributed by atoms with E-state index in [0.717, 1.165) is 0 Å². The van der Waals surface area contributed by atoms with Crippen molar-refractivity contribution in [3.05, 3.63) is 103 Å². The van der Waals surface area contributed by atoms with Crippen molar-refractivity contribution >= 4 is 5.69 Å². The molecule has 0 amide bonds. The van der Waals surface area contributed by atoms with Gasteiger partial charge in [-0.05, 0) is 45.5 Å². The minimum Gasteiger partial charge on any atom is -0.378 e. The van der Waals surface area contributed by atoms with E-state index in [9.17, 15) is 0 Å². The molecule has 1 nitrogen and oxygen atoms in total. The second-order valence-corrected chi connectivity index (χ2v) is 6.96. The van der Waals surface area contributed by atoms with Crippen LogP contribution in [0.2, 0.25) is 0 Å². The monoisotopic (exact) mass is 349 g/mol. The lowest BCUT2D eigenvalue weighted by Crippen LogP contribution is -2.07. The summed E-state index contributed by atoms with van der Waals surface area (Å²) in [6.07, 6.45) is 0. The average molecular weight is 349 g/mol. The zero-order chi connectivity index (χ0) is 18.6. The number of anilines is 1. The maximum absolute atomic E-state index is 2.20. The average Bonchev–Trinajstić information content (AvgIpc) is 2.75. The van der Waals surface area contributed by atoms with Crippen molar-refractivity contribution in [1.82, 2.24) is 0 Å². The zero-order valence-electron chi connectivity index (χ0n) is 15.8. The molecular formula is C26H23N. The highest BCUT2D eigenvalue weighted by atomic mass is 15.1. The molecule has 0 fully saturated rings. The van der Waals surface area contributed by atoms with Gasteiger partial charge in [-0.15, -0.1) is 0 Å². The van der Waals surface area contributed by atoms with Crippen LogP contribution in [0, 0.1) is 0 Å². The normalized spacial score (nSPS) is 10.6. The quantitative estimate of drug-likeness (QED) is 0.394. The fourth-order valence-corrected chi connectivity index (χ4v) is 3.29. The van der Waals surface area contributed by atoms with Gasteiger partial charge in [-0.25, -0.2) is 0 Å². The number of hydrogen-bond acceptors (Lipinski definition) is 1. The maximum Gasteiger partial charge on any atom is 0.0361 e. The van der Waals surface area contributed by atoms with Crippen LogP contribution in [0.1, 0.15) is 0 Å². The lowest BCUT2D eigenvalue weighted by atomic mass is 9.98. The Morgan fingerprint density at radius 2 is 0.667 bits per heavy atom. The molecule has 0 heterocycles. The molecule has 4 aromatic rings. The van der Waals surface area contributed by atoms with Crippen LogP contribution >= 0.6 is 0 Å². The van der Waals surface area contributed by atoms with Crippen LogP contribution in [0.3, 0.4) is 0 Å². The van der Waals surface area contributed by atoms with E-state index in [2.05, 4.69) is 116 Å². The molecule has 0 unspecified atom stereocenters. The summed E-state index contributed by atoms with van der Waals surface area (Å²) in [5.74, 6) is 0. The van der Waals surface area contributed by atoms with Crippen molar-refractivity contribution in [2.45, 2.75) is 0 Å². The number of nitrogens with zero attached hydrogens (tertiary/aromatic N) is 1. The van der Waals surface area contributed by atoms with E-state index in [1.54, 1.807) is 0 Å². The molecule has 0 N–H and O–H groups in total. The molecule has 0 aliphatic heterocycles. The third-order valence-corrected chi connectivity index (χ3v) is 4.93. The molecule has 132 valence electrons. The standard InChI is InChI=1S/C26H23N/c1-27(2)26-18-16-25(17-19-26)24-14-12-23(13-15-24)22-10-8-21(9-11-22)20-6-4-3-5-7-20/h3-19H,1-2H3. The van der Waals surface area contributed by atoms with Gasteiger partial charge in [-0.3, -0.25) is 0 Å². The van der Waals surface area contributed by atoms with E-state index >= 15 is 0 Å². The molecule has 0 bridgehead atoms. The minimum absolute atomic E-state index is 1.22. The number of benzene rings is 4. The van der Waals surface area contributed by atoms with Crippen molar-refractivity contribution in [2.24, 2.45) is 0 Å². The van der Waals surface area contributed by atoms with Gasteiger partial charge >= 0.3 is 0 Å². The Kier molecular flexibility index (Phi) is 4.76. The van der Waals surface area contributed by atoms with Gasteiger partial charge in [0.25, 0.3) is 0 Å². The van der Waals surface area contributed by atoms with Crippen molar-refractivity contribution in [3.63, 3.8) is 0 Å². The van der Waals surface area contributed by atoms with E-state index in [1.165, 1.54) is 39.1 Å². The molecule has 0 aliphatic rings. The van der Waals surface area contributed by atoms with Gasteiger partial charge < -0.3 is 4.90 Å². The second kappa shape index (κ2) is 7.51. The Morgan fingerprint density at radius 3 is 1.00 bits per heavy atom. The molecule has 4 aromatic carbocycles. The number of rotatable bonds is 4. The van der Waals surface area contributed by atoms with Crippen molar-refractivity contribution < 1.29 is 0 Å². The van der Waals surface area contributed by atoms with E-state index in [4.69, 9.17) is 0 Å². The van der Waals surface area contributed by atoms with Crippen LogP contribution < -0.4 is 4.90 Å². The molecule has 1 heteroatoms. The molecule has 0 aliphatic carbocycles. The van der Waals surface area contributed by atoms with Crippen LogP contribution in [0.15, 0.2) is 103 Å². The molecule has 27 heavy (non-hydrogen) atoms. The van der Waals surface area contributed by atoms with E-state index in [-0.39, 0.29) is 0 Å². The largest absolute Gasteiger partial charge is 0.378 e.